The van der Waals surface area contributed by atoms with Gasteiger partial charge in [-0.3, -0.25) is 9.36 Å². The number of hydrogen-bond acceptors (Lipinski definition) is 6. The number of benzene rings is 1. The van der Waals surface area contributed by atoms with E-state index in [4.69, 9.17) is 13.5 Å². The summed E-state index contributed by atoms with van der Waals surface area (Å²) in [5.41, 5.74) is 0.328. The minimum absolute atomic E-state index is 0.0482. The van der Waals surface area contributed by atoms with Gasteiger partial charge < -0.3 is 13.5 Å². The van der Waals surface area contributed by atoms with Gasteiger partial charge in [0, 0.05) is 0 Å². The average molecular weight is 490 g/mol. The predicted molar refractivity (Wildman–Crippen MR) is 111 cm³/mol. The largest absolute Gasteiger partial charge is 0.437 e. The highest BCUT2D eigenvalue weighted by Crippen LogP contribution is 2.50. The standard InChI is InChI=1S/C19H19BrF2NO5P/c1-5-26-29(25,27-6-2)15-9-13-16(24)12-7-10(3)11(4)8-14(12)28-18(13)23-17(15)19(20,21)22/h7-9H,5-6H2,1-4H3. The molecule has 0 aliphatic rings. The SMILES string of the molecule is CCOP(=O)(OCC)c1cc2c(=O)c3cc(C)c(C)cc3oc2nc1C(F)(F)Br. The van der Waals surface area contributed by atoms with Gasteiger partial charge in [0.2, 0.25) is 11.1 Å². The molecule has 1 aromatic carbocycles. The van der Waals surface area contributed by atoms with E-state index in [9.17, 15) is 18.1 Å². The molecule has 156 valence electrons. The predicted octanol–water partition coefficient (Wildman–Crippen LogP) is 5.29. The molecule has 0 bridgehead atoms. The van der Waals surface area contributed by atoms with E-state index in [1.54, 1.807) is 26.0 Å². The van der Waals surface area contributed by atoms with E-state index in [-0.39, 0.29) is 35.3 Å². The second-order valence-electron chi connectivity index (χ2n) is 6.40. The summed E-state index contributed by atoms with van der Waals surface area (Å²) in [5, 5.41) is -0.295. The summed E-state index contributed by atoms with van der Waals surface area (Å²) in [6.45, 7) is 6.70. The summed E-state index contributed by atoms with van der Waals surface area (Å²) in [5.74, 6) is 0. The van der Waals surface area contributed by atoms with E-state index in [2.05, 4.69) is 20.9 Å². The number of aryl methyl sites for hydroxylation is 2. The monoisotopic (exact) mass is 489 g/mol. The summed E-state index contributed by atoms with van der Waals surface area (Å²) in [6.07, 6.45) is 0. The van der Waals surface area contributed by atoms with Crippen molar-refractivity contribution in [3.05, 3.63) is 45.2 Å². The third-order valence-electron chi connectivity index (χ3n) is 4.42. The van der Waals surface area contributed by atoms with Crippen molar-refractivity contribution in [2.45, 2.75) is 32.5 Å². The first-order valence-corrected chi connectivity index (χ1v) is 11.2. The number of fused-ring (bicyclic) bond motifs is 2. The van der Waals surface area contributed by atoms with Gasteiger partial charge in [-0.05, 0) is 73.0 Å². The molecule has 2 heterocycles. The second-order valence-corrected chi connectivity index (χ2v) is 9.39. The van der Waals surface area contributed by atoms with Gasteiger partial charge in [0.1, 0.15) is 11.3 Å². The Balaban J connectivity index is 2.46. The van der Waals surface area contributed by atoms with Crippen LogP contribution in [0.4, 0.5) is 8.78 Å². The maximum atomic E-state index is 14.3. The third kappa shape index (κ3) is 4.01. The van der Waals surface area contributed by atoms with Crippen LogP contribution in [-0.4, -0.2) is 18.2 Å². The molecule has 0 N–H and O–H groups in total. The van der Waals surface area contributed by atoms with Crippen LogP contribution in [0.3, 0.4) is 0 Å². The molecular formula is C19H19BrF2NO5P. The zero-order valence-corrected chi connectivity index (χ0v) is 18.7. The van der Waals surface area contributed by atoms with Crippen molar-refractivity contribution >= 4 is 50.9 Å². The van der Waals surface area contributed by atoms with Gasteiger partial charge in [0.15, 0.2) is 0 Å². The molecule has 0 unspecified atom stereocenters. The van der Waals surface area contributed by atoms with Gasteiger partial charge in [-0.15, -0.1) is 0 Å². The van der Waals surface area contributed by atoms with E-state index in [0.29, 0.717) is 0 Å². The molecule has 0 saturated heterocycles. The maximum Gasteiger partial charge on any atom is 0.363 e. The Kier molecular flexibility index (Phi) is 5.98. The van der Waals surface area contributed by atoms with E-state index < -0.39 is 28.9 Å². The number of rotatable bonds is 6. The van der Waals surface area contributed by atoms with Gasteiger partial charge in [0.05, 0.1) is 29.3 Å². The molecule has 29 heavy (non-hydrogen) atoms. The zero-order valence-electron chi connectivity index (χ0n) is 16.2. The molecule has 10 heteroatoms. The van der Waals surface area contributed by atoms with E-state index in [1.807, 2.05) is 13.8 Å². The van der Waals surface area contributed by atoms with E-state index in [1.165, 1.54) is 0 Å². The Hall–Kier alpha value is -1.67. The number of halogens is 3. The van der Waals surface area contributed by atoms with Crippen LogP contribution in [0.5, 0.6) is 0 Å². The minimum atomic E-state index is -4.16. The van der Waals surface area contributed by atoms with Crippen molar-refractivity contribution in [3.8, 4) is 0 Å². The first-order valence-electron chi connectivity index (χ1n) is 8.87. The highest BCUT2D eigenvalue weighted by Gasteiger charge is 2.41. The molecule has 0 amide bonds. The first-order chi connectivity index (χ1) is 13.5. The van der Waals surface area contributed by atoms with Crippen molar-refractivity contribution in [1.29, 1.82) is 0 Å². The topological polar surface area (TPSA) is 78.6 Å². The van der Waals surface area contributed by atoms with Gasteiger partial charge in [-0.25, -0.2) is 4.98 Å². The van der Waals surface area contributed by atoms with Crippen molar-refractivity contribution in [2.75, 3.05) is 13.2 Å². The van der Waals surface area contributed by atoms with Gasteiger partial charge >= 0.3 is 12.4 Å². The molecule has 0 atom stereocenters. The van der Waals surface area contributed by atoms with Gasteiger partial charge in [-0.1, -0.05) is 0 Å². The van der Waals surface area contributed by atoms with Crippen LogP contribution in [0.2, 0.25) is 0 Å². The summed E-state index contributed by atoms with van der Waals surface area (Å²) >= 11 is 2.26. The minimum Gasteiger partial charge on any atom is -0.437 e. The van der Waals surface area contributed by atoms with Crippen molar-refractivity contribution in [3.63, 3.8) is 0 Å². The Bertz CT molecular complexity index is 1200. The highest BCUT2D eigenvalue weighted by atomic mass is 79.9. The van der Waals surface area contributed by atoms with Crippen LogP contribution >= 0.6 is 23.5 Å². The quantitative estimate of drug-likeness (QED) is 0.265. The number of alkyl halides is 3. The summed E-state index contributed by atoms with van der Waals surface area (Å²) in [4.78, 5) is 13.2. The van der Waals surface area contributed by atoms with Crippen molar-refractivity contribution < 1.29 is 26.8 Å². The summed E-state index contributed by atoms with van der Waals surface area (Å²) in [6, 6.07) is 4.38. The fraction of sp³-hybridized carbons (Fsp3) is 0.368. The van der Waals surface area contributed by atoms with Crippen LogP contribution in [0, 0.1) is 13.8 Å². The normalized spacial score (nSPS) is 12.8. The van der Waals surface area contributed by atoms with E-state index >= 15 is 0 Å². The fourth-order valence-electron chi connectivity index (χ4n) is 2.96. The third-order valence-corrected chi connectivity index (χ3v) is 6.92. The highest BCUT2D eigenvalue weighted by molar-refractivity contribution is 9.09. The Morgan fingerprint density at radius 3 is 2.24 bits per heavy atom. The fourth-order valence-corrected chi connectivity index (χ4v) is 5.19. The Labute approximate surface area is 173 Å². The van der Waals surface area contributed by atoms with Crippen LogP contribution in [0.25, 0.3) is 22.1 Å². The Morgan fingerprint density at radius 1 is 1.10 bits per heavy atom. The lowest BCUT2D eigenvalue weighted by atomic mass is 10.1. The molecular weight excluding hydrogens is 471 g/mol. The van der Waals surface area contributed by atoms with Gasteiger partial charge in [0.25, 0.3) is 0 Å². The van der Waals surface area contributed by atoms with Crippen LogP contribution in [0.1, 0.15) is 30.7 Å². The molecule has 0 radical (unpaired) electrons. The molecule has 6 nitrogen and oxygen atoms in total. The summed E-state index contributed by atoms with van der Waals surface area (Å²) in [7, 11) is -4.16. The van der Waals surface area contributed by atoms with E-state index in [0.717, 1.165) is 17.2 Å². The molecule has 0 aliphatic carbocycles. The van der Waals surface area contributed by atoms with Crippen LogP contribution in [-0.2, 0) is 18.4 Å². The summed E-state index contributed by atoms with van der Waals surface area (Å²) < 4.78 is 57.9. The van der Waals surface area contributed by atoms with Gasteiger partial charge in [-0.2, -0.15) is 8.78 Å². The molecule has 3 aromatic rings. The van der Waals surface area contributed by atoms with Crippen LogP contribution < -0.4 is 10.7 Å². The zero-order chi connectivity index (χ0) is 21.6. The van der Waals surface area contributed by atoms with Crippen molar-refractivity contribution in [2.24, 2.45) is 0 Å². The number of pyridine rings is 1. The van der Waals surface area contributed by atoms with Crippen molar-refractivity contribution in [1.82, 2.24) is 4.98 Å². The molecule has 0 fully saturated rings. The average Bonchev–Trinajstić information content (AvgIpc) is 2.62. The number of hydrogen-bond donors (Lipinski definition) is 0. The lowest BCUT2D eigenvalue weighted by Gasteiger charge is -2.21. The van der Waals surface area contributed by atoms with Crippen LogP contribution in [0.15, 0.2) is 27.4 Å². The molecule has 0 saturated carbocycles. The lowest BCUT2D eigenvalue weighted by Crippen LogP contribution is -2.24. The number of nitrogens with zero attached hydrogens (tertiary/aromatic N) is 1. The molecule has 0 aliphatic heterocycles. The second kappa shape index (κ2) is 7.87. The Morgan fingerprint density at radius 2 is 1.69 bits per heavy atom. The number of aromatic nitrogens is 1. The molecule has 2 aromatic heterocycles. The smallest absolute Gasteiger partial charge is 0.363 e. The molecule has 0 spiro atoms. The molecule has 3 rings (SSSR count). The maximum absolute atomic E-state index is 14.3. The first kappa shape index (κ1) is 22.0. The lowest BCUT2D eigenvalue weighted by molar-refractivity contribution is 0.110.